The van der Waals surface area contributed by atoms with Crippen molar-refractivity contribution in [2.24, 2.45) is 0 Å². The minimum Gasteiger partial charge on any atom is -0.478 e. The molecule has 5 nitrogen and oxygen atoms in total. The molecule has 2 aromatic rings. The summed E-state index contributed by atoms with van der Waals surface area (Å²) in [5.74, 6) is -1.02. The van der Waals surface area contributed by atoms with Gasteiger partial charge in [-0.25, -0.2) is 13.2 Å². The smallest absolute Gasteiger partial charge is 0.345 e. The number of rotatable bonds is 3. The molecule has 23 heavy (non-hydrogen) atoms. The van der Waals surface area contributed by atoms with E-state index in [4.69, 9.17) is 33.0 Å². The highest BCUT2D eigenvalue weighted by atomic mass is 35.5. The molecule has 1 aromatic carbocycles. The van der Waals surface area contributed by atoms with Gasteiger partial charge in [-0.2, -0.15) is 0 Å². The molecule has 3 rings (SSSR count). The Morgan fingerprint density at radius 3 is 2.61 bits per heavy atom. The van der Waals surface area contributed by atoms with Crippen LogP contribution in [0.25, 0.3) is 0 Å². The highest BCUT2D eigenvalue weighted by molar-refractivity contribution is 7.93. The lowest BCUT2D eigenvalue weighted by atomic mass is 10.1. The Kier molecular flexibility index (Phi) is 4.08. The zero-order valence-corrected chi connectivity index (χ0v) is 14.8. The van der Waals surface area contributed by atoms with Gasteiger partial charge in [0.05, 0.1) is 9.92 Å². The summed E-state index contributed by atoms with van der Waals surface area (Å²) >= 11 is 13.3. The predicted octanol–water partition coefficient (Wildman–Crippen LogP) is 3.58. The maximum atomic E-state index is 12.7. The van der Waals surface area contributed by atoms with Crippen molar-refractivity contribution in [1.29, 1.82) is 0 Å². The van der Waals surface area contributed by atoms with Crippen molar-refractivity contribution in [3.05, 3.63) is 38.7 Å². The van der Waals surface area contributed by atoms with Gasteiger partial charge in [0.25, 0.3) is 0 Å². The van der Waals surface area contributed by atoms with E-state index in [0.717, 1.165) is 16.2 Å². The molecule has 0 spiro atoms. The molecule has 0 fully saturated rings. The number of halogens is 2. The first-order valence-corrected chi connectivity index (χ1v) is 9.49. The summed E-state index contributed by atoms with van der Waals surface area (Å²) in [7, 11) is -3.83. The fourth-order valence-corrected chi connectivity index (χ4v) is 5.86. The van der Waals surface area contributed by atoms with Gasteiger partial charge < -0.3 is 9.84 Å². The Morgan fingerprint density at radius 1 is 1.35 bits per heavy atom. The Hall–Kier alpha value is -1.28. The fraction of sp³-hybridized carbons (Fsp3) is 0.214. The number of benzene rings is 1. The van der Waals surface area contributed by atoms with E-state index in [1.54, 1.807) is 13.0 Å². The molecule has 0 amide bonds. The average Bonchev–Trinajstić information content (AvgIpc) is 3.09. The predicted molar refractivity (Wildman–Crippen MR) is 86.7 cm³/mol. The monoisotopic (exact) mass is 392 g/mol. The number of carboxylic acids is 1. The molecule has 0 saturated carbocycles. The van der Waals surface area contributed by atoms with Gasteiger partial charge in [-0.1, -0.05) is 23.2 Å². The van der Waals surface area contributed by atoms with E-state index >= 15 is 0 Å². The van der Waals surface area contributed by atoms with Crippen molar-refractivity contribution in [3.63, 3.8) is 0 Å². The Balaban J connectivity index is 2.15. The number of aryl methyl sites for hydroxylation is 1. The van der Waals surface area contributed by atoms with Crippen LogP contribution in [0.1, 0.15) is 10.4 Å². The first-order valence-electron chi connectivity index (χ1n) is 6.43. The van der Waals surface area contributed by atoms with Crippen molar-refractivity contribution >= 4 is 50.3 Å². The number of hydrogen-bond donors (Lipinski definition) is 1. The Bertz CT molecular complexity index is 917. The second kappa shape index (κ2) is 5.66. The molecule has 1 atom stereocenters. The van der Waals surface area contributed by atoms with E-state index in [2.05, 4.69) is 0 Å². The van der Waals surface area contributed by atoms with Gasteiger partial charge in [-0.15, -0.1) is 11.3 Å². The molecule has 2 heterocycles. The van der Waals surface area contributed by atoms with Gasteiger partial charge in [0.1, 0.15) is 15.0 Å². The molecule has 0 radical (unpaired) electrons. The SMILES string of the molecule is Cc1ccc(S(=O)(=O)c2cc3c(c(Cl)c2Cl)OC(C(=O)O)C3)s1. The largest absolute Gasteiger partial charge is 0.478 e. The van der Waals surface area contributed by atoms with Crippen LogP contribution in [0, 0.1) is 6.92 Å². The van der Waals surface area contributed by atoms with Crippen molar-refractivity contribution in [2.75, 3.05) is 0 Å². The average molecular weight is 393 g/mol. The molecular weight excluding hydrogens is 383 g/mol. The normalized spacial score (nSPS) is 16.9. The molecular formula is C14H10Cl2O5S2. The molecule has 1 unspecified atom stereocenters. The number of ether oxygens (including phenoxy) is 1. The third-order valence-electron chi connectivity index (χ3n) is 3.42. The summed E-state index contributed by atoms with van der Waals surface area (Å²) in [5.41, 5.74) is 0.415. The quantitative estimate of drug-likeness (QED) is 0.862. The second-order valence-electron chi connectivity index (χ2n) is 5.01. The van der Waals surface area contributed by atoms with E-state index in [1.165, 1.54) is 12.1 Å². The lowest BCUT2D eigenvalue weighted by Crippen LogP contribution is -2.24. The third-order valence-corrected chi connectivity index (χ3v) is 7.65. The molecule has 122 valence electrons. The van der Waals surface area contributed by atoms with Crippen LogP contribution < -0.4 is 4.74 Å². The van der Waals surface area contributed by atoms with Gasteiger partial charge in [0.2, 0.25) is 9.84 Å². The number of aliphatic carboxylic acids is 1. The van der Waals surface area contributed by atoms with Crippen LogP contribution in [0.4, 0.5) is 0 Å². The standard InChI is InChI=1S/C14H10Cl2O5S2/c1-6-2-3-10(22-6)23(19,20)9-5-7-4-8(14(17)18)21-13(7)12(16)11(9)15/h2-3,5,8H,4H2,1H3,(H,17,18). The molecule has 0 aliphatic carbocycles. The maximum Gasteiger partial charge on any atom is 0.345 e. The molecule has 9 heteroatoms. The molecule has 0 saturated heterocycles. The van der Waals surface area contributed by atoms with E-state index in [-0.39, 0.29) is 31.3 Å². The molecule has 1 aromatic heterocycles. The van der Waals surface area contributed by atoms with Crippen molar-refractivity contribution < 1.29 is 23.1 Å². The molecule has 1 aliphatic rings. The number of thiophene rings is 1. The van der Waals surface area contributed by atoms with E-state index < -0.39 is 21.9 Å². The Morgan fingerprint density at radius 2 is 2.04 bits per heavy atom. The summed E-state index contributed by atoms with van der Waals surface area (Å²) < 4.78 is 30.9. The van der Waals surface area contributed by atoms with Crippen LogP contribution >= 0.6 is 34.5 Å². The fourth-order valence-electron chi connectivity index (χ4n) is 2.30. The van der Waals surface area contributed by atoms with Crippen LogP contribution in [0.5, 0.6) is 5.75 Å². The zero-order chi connectivity index (χ0) is 16.9. The molecule has 0 bridgehead atoms. The van der Waals surface area contributed by atoms with E-state index in [9.17, 15) is 13.2 Å². The molecule has 1 aliphatic heterocycles. The minimum atomic E-state index is -3.83. The highest BCUT2D eigenvalue weighted by Gasteiger charge is 2.35. The summed E-state index contributed by atoms with van der Waals surface area (Å²) in [6.45, 7) is 1.80. The van der Waals surface area contributed by atoms with Crippen molar-refractivity contribution in [2.45, 2.75) is 28.6 Å². The summed E-state index contributed by atoms with van der Waals surface area (Å²) in [6.07, 6.45) is -1.06. The number of carbonyl (C=O) groups is 1. The lowest BCUT2D eigenvalue weighted by molar-refractivity contribution is -0.144. The zero-order valence-electron chi connectivity index (χ0n) is 11.7. The van der Waals surface area contributed by atoms with Crippen LogP contribution in [0.3, 0.4) is 0 Å². The van der Waals surface area contributed by atoms with Gasteiger partial charge in [-0.05, 0) is 25.1 Å². The number of hydrogen-bond acceptors (Lipinski definition) is 5. The third kappa shape index (κ3) is 2.71. The van der Waals surface area contributed by atoms with Crippen molar-refractivity contribution in [1.82, 2.24) is 0 Å². The summed E-state index contributed by atoms with van der Waals surface area (Å²) in [4.78, 5) is 11.8. The first-order chi connectivity index (χ1) is 10.7. The van der Waals surface area contributed by atoms with Crippen LogP contribution in [0.15, 0.2) is 27.3 Å². The summed E-state index contributed by atoms with van der Waals surface area (Å²) in [5, 5.41) is 8.79. The van der Waals surface area contributed by atoms with Crippen LogP contribution in [-0.2, 0) is 21.1 Å². The van der Waals surface area contributed by atoms with Gasteiger partial charge in [-0.3, -0.25) is 0 Å². The number of sulfone groups is 1. The Labute approximate surface area is 146 Å². The maximum absolute atomic E-state index is 12.7. The van der Waals surface area contributed by atoms with Crippen LogP contribution in [-0.4, -0.2) is 25.6 Å². The van der Waals surface area contributed by atoms with Gasteiger partial charge in [0.15, 0.2) is 6.10 Å². The van der Waals surface area contributed by atoms with E-state index in [1.807, 2.05) is 0 Å². The topological polar surface area (TPSA) is 80.7 Å². The van der Waals surface area contributed by atoms with Gasteiger partial charge in [0, 0.05) is 16.9 Å². The highest BCUT2D eigenvalue weighted by Crippen LogP contribution is 2.45. The number of carboxylic acid groups (broad SMARTS) is 1. The molecule has 1 N–H and O–H groups in total. The first kappa shape index (κ1) is 16.6. The van der Waals surface area contributed by atoms with E-state index in [0.29, 0.717) is 5.56 Å². The van der Waals surface area contributed by atoms with Crippen LogP contribution in [0.2, 0.25) is 10.0 Å². The second-order valence-corrected chi connectivity index (χ2v) is 9.20. The lowest BCUT2D eigenvalue weighted by Gasteiger charge is -2.10. The minimum absolute atomic E-state index is 0.0353. The van der Waals surface area contributed by atoms with Gasteiger partial charge >= 0.3 is 5.97 Å². The summed E-state index contributed by atoms with van der Waals surface area (Å²) in [6, 6.07) is 4.55. The number of fused-ring (bicyclic) bond motifs is 1. The van der Waals surface area contributed by atoms with Crippen molar-refractivity contribution in [3.8, 4) is 5.75 Å².